The monoisotopic (exact) mass is 260 g/mol. The van der Waals surface area contributed by atoms with Gasteiger partial charge >= 0.3 is 0 Å². The van der Waals surface area contributed by atoms with Crippen molar-refractivity contribution in [1.82, 2.24) is 4.72 Å². The van der Waals surface area contributed by atoms with E-state index in [4.69, 9.17) is 10.2 Å². The van der Waals surface area contributed by atoms with Gasteiger partial charge in [0, 0.05) is 6.54 Å². The lowest BCUT2D eigenvalue weighted by Gasteiger charge is -2.17. The van der Waals surface area contributed by atoms with Gasteiger partial charge in [0.15, 0.2) is 0 Å². The van der Waals surface area contributed by atoms with Crippen molar-refractivity contribution in [3.05, 3.63) is 17.9 Å². The first-order chi connectivity index (χ1) is 7.74. The molecule has 0 aliphatic carbocycles. The van der Waals surface area contributed by atoms with Crippen molar-refractivity contribution in [3.8, 4) is 0 Å². The fourth-order valence-electron chi connectivity index (χ4n) is 1.24. The third-order valence-corrected chi connectivity index (χ3v) is 3.60. The Kier molecular flexibility index (Phi) is 4.35. The molecule has 1 rings (SSSR count). The Morgan fingerprint density at radius 2 is 2.00 bits per heavy atom. The lowest BCUT2D eigenvalue weighted by atomic mass is 9.93. The molecule has 98 valence electrons. The number of hydrogen-bond donors (Lipinski definition) is 2. The molecule has 1 aromatic heterocycles. The Morgan fingerprint density at radius 3 is 2.47 bits per heavy atom. The summed E-state index contributed by atoms with van der Waals surface area (Å²) in [4.78, 5) is 0. The summed E-state index contributed by atoms with van der Waals surface area (Å²) in [5.41, 5.74) is 5.45. The Bertz CT molecular complexity index is 457. The number of nitrogens with one attached hydrogen (secondary N) is 1. The number of furan rings is 1. The summed E-state index contributed by atoms with van der Waals surface area (Å²) < 4.78 is 31.2. The van der Waals surface area contributed by atoms with E-state index in [1.54, 1.807) is 6.07 Å². The topological polar surface area (TPSA) is 85.3 Å². The molecule has 0 spiro atoms. The normalized spacial score (nSPS) is 12.9. The van der Waals surface area contributed by atoms with Crippen LogP contribution in [0.1, 0.15) is 33.0 Å². The van der Waals surface area contributed by atoms with Gasteiger partial charge in [-0.15, -0.1) is 0 Å². The van der Waals surface area contributed by atoms with Gasteiger partial charge < -0.3 is 10.2 Å². The molecule has 6 heteroatoms. The first-order valence-electron chi connectivity index (χ1n) is 5.53. The van der Waals surface area contributed by atoms with Crippen LogP contribution in [0.15, 0.2) is 21.6 Å². The van der Waals surface area contributed by atoms with Crippen LogP contribution in [0, 0.1) is 5.41 Å². The molecule has 1 aromatic rings. The van der Waals surface area contributed by atoms with Gasteiger partial charge in [-0.2, -0.15) is 0 Å². The average molecular weight is 260 g/mol. The molecule has 0 atom stereocenters. The van der Waals surface area contributed by atoms with Crippen LogP contribution in [-0.4, -0.2) is 15.0 Å². The molecule has 0 saturated heterocycles. The summed E-state index contributed by atoms with van der Waals surface area (Å²) in [7, 11) is -3.54. The fraction of sp³-hybridized carbons (Fsp3) is 0.636. The van der Waals surface area contributed by atoms with Crippen LogP contribution in [-0.2, 0) is 16.6 Å². The SMILES string of the molecule is CC(C)(C)CCNS(=O)(=O)c1ccc(CN)o1. The highest BCUT2D eigenvalue weighted by Crippen LogP contribution is 2.18. The van der Waals surface area contributed by atoms with E-state index in [2.05, 4.69) is 25.5 Å². The highest BCUT2D eigenvalue weighted by atomic mass is 32.2. The van der Waals surface area contributed by atoms with Gasteiger partial charge in [0.05, 0.1) is 6.54 Å². The molecule has 3 N–H and O–H groups in total. The van der Waals surface area contributed by atoms with Crippen molar-refractivity contribution < 1.29 is 12.8 Å². The van der Waals surface area contributed by atoms with Gasteiger partial charge in [0.2, 0.25) is 5.09 Å². The minimum atomic E-state index is -3.54. The lowest BCUT2D eigenvalue weighted by Crippen LogP contribution is -2.27. The molecule has 0 aliphatic heterocycles. The summed E-state index contributed by atoms with van der Waals surface area (Å²) in [6, 6.07) is 2.99. The molecule has 0 saturated carbocycles. The second-order valence-corrected chi connectivity index (χ2v) is 6.83. The van der Waals surface area contributed by atoms with Crippen LogP contribution in [0.25, 0.3) is 0 Å². The highest BCUT2D eigenvalue weighted by Gasteiger charge is 2.19. The lowest BCUT2D eigenvalue weighted by molar-refractivity contribution is 0.374. The fourth-order valence-corrected chi connectivity index (χ4v) is 2.22. The number of hydrogen-bond acceptors (Lipinski definition) is 4. The Balaban J connectivity index is 2.63. The first kappa shape index (κ1) is 14.2. The van der Waals surface area contributed by atoms with E-state index in [1.807, 2.05) is 0 Å². The van der Waals surface area contributed by atoms with E-state index in [9.17, 15) is 8.42 Å². The van der Waals surface area contributed by atoms with Gasteiger partial charge in [-0.1, -0.05) is 20.8 Å². The largest absolute Gasteiger partial charge is 0.447 e. The molecular formula is C11H20N2O3S. The van der Waals surface area contributed by atoms with Gasteiger partial charge in [-0.3, -0.25) is 0 Å². The highest BCUT2D eigenvalue weighted by molar-refractivity contribution is 7.89. The van der Waals surface area contributed by atoms with Crippen molar-refractivity contribution in [2.75, 3.05) is 6.54 Å². The maximum absolute atomic E-state index is 11.8. The van der Waals surface area contributed by atoms with E-state index in [0.29, 0.717) is 12.3 Å². The summed E-state index contributed by atoms with van der Waals surface area (Å²) in [5.74, 6) is 0.459. The maximum Gasteiger partial charge on any atom is 0.273 e. The Morgan fingerprint density at radius 1 is 1.35 bits per heavy atom. The minimum Gasteiger partial charge on any atom is -0.447 e. The number of nitrogens with two attached hydrogens (primary N) is 1. The smallest absolute Gasteiger partial charge is 0.273 e. The van der Waals surface area contributed by atoms with Crippen molar-refractivity contribution in [2.24, 2.45) is 11.1 Å². The van der Waals surface area contributed by atoms with E-state index >= 15 is 0 Å². The molecule has 1 heterocycles. The zero-order valence-electron chi connectivity index (χ0n) is 10.5. The Labute approximate surface area is 102 Å². The van der Waals surface area contributed by atoms with Gasteiger partial charge in [-0.05, 0) is 24.0 Å². The predicted molar refractivity (Wildman–Crippen MR) is 65.9 cm³/mol. The maximum atomic E-state index is 11.8. The molecule has 0 aliphatic rings. The molecule has 0 unspecified atom stereocenters. The van der Waals surface area contributed by atoms with Crippen LogP contribution in [0.5, 0.6) is 0 Å². The molecule has 5 nitrogen and oxygen atoms in total. The third kappa shape index (κ3) is 4.49. The first-order valence-corrected chi connectivity index (χ1v) is 7.01. The van der Waals surface area contributed by atoms with Crippen LogP contribution >= 0.6 is 0 Å². The zero-order chi connectivity index (χ0) is 13.1. The number of sulfonamides is 1. The predicted octanol–water partition coefficient (Wildman–Crippen LogP) is 1.45. The van der Waals surface area contributed by atoms with E-state index in [1.165, 1.54) is 6.07 Å². The number of rotatable bonds is 5. The molecular weight excluding hydrogens is 240 g/mol. The van der Waals surface area contributed by atoms with Gasteiger partial charge in [-0.25, -0.2) is 13.1 Å². The molecule has 0 bridgehead atoms. The summed E-state index contributed by atoms with van der Waals surface area (Å²) in [5, 5.41) is -0.0770. The molecule has 17 heavy (non-hydrogen) atoms. The van der Waals surface area contributed by atoms with Gasteiger partial charge in [0.1, 0.15) is 5.76 Å². The molecule has 0 fully saturated rings. The summed E-state index contributed by atoms with van der Waals surface area (Å²) in [6.07, 6.45) is 0.761. The van der Waals surface area contributed by atoms with E-state index < -0.39 is 10.0 Å². The molecule has 0 radical (unpaired) electrons. The van der Waals surface area contributed by atoms with Crippen LogP contribution < -0.4 is 10.5 Å². The molecule has 0 aromatic carbocycles. The van der Waals surface area contributed by atoms with Crippen LogP contribution in [0.3, 0.4) is 0 Å². The Hall–Kier alpha value is -0.850. The zero-order valence-corrected chi connectivity index (χ0v) is 11.3. The van der Waals surface area contributed by atoms with E-state index in [-0.39, 0.29) is 17.1 Å². The standard InChI is InChI=1S/C11H20N2O3S/c1-11(2,3)6-7-13-17(14,15)10-5-4-9(8-12)16-10/h4-5,13H,6-8,12H2,1-3H3. The quantitative estimate of drug-likeness (QED) is 0.839. The van der Waals surface area contributed by atoms with Crippen molar-refractivity contribution >= 4 is 10.0 Å². The minimum absolute atomic E-state index is 0.0770. The third-order valence-electron chi connectivity index (χ3n) is 2.27. The van der Waals surface area contributed by atoms with Crippen molar-refractivity contribution in [3.63, 3.8) is 0 Å². The van der Waals surface area contributed by atoms with Crippen LogP contribution in [0.2, 0.25) is 0 Å². The summed E-state index contributed by atoms with van der Waals surface area (Å²) >= 11 is 0. The molecule has 0 amide bonds. The van der Waals surface area contributed by atoms with E-state index in [0.717, 1.165) is 6.42 Å². The second kappa shape index (κ2) is 5.20. The second-order valence-electron chi connectivity index (χ2n) is 5.13. The van der Waals surface area contributed by atoms with Crippen molar-refractivity contribution in [2.45, 2.75) is 38.8 Å². The van der Waals surface area contributed by atoms with Gasteiger partial charge in [0.25, 0.3) is 10.0 Å². The van der Waals surface area contributed by atoms with Crippen LogP contribution in [0.4, 0.5) is 0 Å². The summed E-state index contributed by atoms with van der Waals surface area (Å²) in [6.45, 7) is 6.75. The average Bonchev–Trinajstić information content (AvgIpc) is 2.63. The van der Waals surface area contributed by atoms with Crippen molar-refractivity contribution in [1.29, 1.82) is 0 Å².